The summed E-state index contributed by atoms with van der Waals surface area (Å²) in [5, 5.41) is 0. The van der Waals surface area contributed by atoms with Gasteiger partial charge in [0.2, 0.25) is 0 Å². The fraction of sp³-hybridized carbons (Fsp3) is 0. The number of aromatic amines is 2. The number of H-pyrrole nitrogens is 2. The van der Waals surface area contributed by atoms with Gasteiger partial charge in [-0.25, -0.2) is 9.97 Å². The monoisotopic (exact) mass is 757 g/mol. The van der Waals surface area contributed by atoms with Crippen LogP contribution in [0.4, 0.5) is 0 Å². The first kappa shape index (κ1) is 32.9. The van der Waals surface area contributed by atoms with Crippen molar-refractivity contribution in [1.29, 1.82) is 0 Å². The Hall–Kier alpha value is -5.61. The van der Waals surface area contributed by atoms with Crippen LogP contribution in [0, 0.1) is 0 Å². The molecule has 3 aromatic heterocycles. The Morgan fingerprint density at radius 1 is 0.320 bits per heavy atom. The third kappa shape index (κ3) is 6.93. The Morgan fingerprint density at radius 2 is 0.560 bits per heavy atom. The second kappa shape index (κ2) is 14.9. The normalized spacial score (nSPS) is 12.0. The van der Waals surface area contributed by atoms with Crippen molar-refractivity contribution in [3.8, 4) is 0 Å². The molecule has 0 atom stereocenters. The van der Waals surface area contributed by atoms with E-state index in [4.69, 9.17) is 0 Å². The maximum atomic E-state index is 4.63. The van der Waals surface area contributed by atoms with Gasteiger partial charge in [-0.1, -0.05) is 0 Å². The van der Waals surface area contributed by atoms with E-state index >= 15 is 0 Å². The summed E-state index contributed by atoms with van der Waals surface area (Å²) in [5.41, 5.74) is 7.86. The molecule has 2 aliphatic rings. The zero-order valence-corrected chi connectivity index (χ0v) is 29.6. The molecule has 0 fully saturated rings. The van der Waals surface area contributed by atoms with E-state index in [1.165, 1.54) is 16.6 Å². The molecule has 0 unspecified atom stereocenters. The molecule has 7 aromatic rings. The van der Waals surface area contributed by atoms with Gasteiger partial charge >= 0.3 is 153 Å². The molecular formula is C44H35ClN4Rh. The Morgan fingerprint density at radius 3 is 0.800 bits per heavy atom. The third-order valence-corrected chi connectivity index (χ3v) is 15.9. The maximum absolute atomic E-state index is 4.63. The first-order valence-corrected chi connectivity index (χ1v) is 19.4. The Bertz CT molecular complexity index is 2100. The summed E-state index contributed by atoms with van der Waals surface area (Å²) in [6, 6.07) is 60.5. The zero-order chi connectivity index (χ0) is 32.9. The summed E-state index contributed by atoms with van der Waals surface area (Å²) in [7, 11) is 0. The number of benzene rings is 4. The summed E-state index contributed by atoms with van der Waals surface area (Å²) < 4.78 is 5.75. The summed E-state index contributed by atoms with van der Waals surface area (Å²) in [6.07, 6.45) is 8.09. The number of nitrogens with one attached hydrogen (secondary N) is 2. The predicted molar refractivity (Wildman–Crippen MR) is 210 cm³/mol. The Balaban J connectivity index is 0.000000154. The molecule has 0 aliphatic carbocycles. The number of hydrogen-bond donors (Lipinski definition) is 2. The van der Waals surface area contributed by atoms with Crippen LogP contribution in [0.25, 0.3) is 46.4 Å². The Labute approximate surface area is 301 Å². The number of rotatable bonds is 4. The van der Waals surface area contributed by atoms with Crippen LogP contribution in [0.3, 0.4) is 0 Å². The summed E-state index contributed by atoms with van der Waals surface area (Å²) in [5.74, 6) is 0. The van der Waals surface area contributed by atoms with Crippen molar-refractivity contribution in [2.24, 2.45) is 0 Å². The zero-order valence-electron chi connectivity index (χ0n) is 27.1. The molecule has 2 aliphatic heterocycles. The predicted octanol–water partition coefficient (Wildman–Crippen LogP) is 8.52. The van der Waals surface area contributed by atoms with Crippen molar-refractivity contribution in [3.63, 3.8) is 0 Å². The molecule has 0 radical (unpaired) electrons. The second-order valence-electron chi connectivity index (χ2n) is 11.5. The van der Waals surface area contributed by atoms with Crippen molar-refractivity contribution in [2.45, 2.75) is 0 Å². The van der Waals surface area contributed by atoms with Gasteiger partial charge in [0.25, 0.3) is 0 Å². The number of nitrogens with zero attached hydrogens (tertiary/aromatic N) is 2. The topological polar surface area (TPSA) is 57.4 Å². The van der Waals surface area contributed by atoms with Gasteiger partial charge < -0.3 is 9.97 Å². The van der Waals surface area contributed by atoms with E-state index < -0.39 is 14.8 Å². The van der Waals surface area contributed by atoms with Crippen molar-refractivity contribution in [2.75, 3.05) is 0 Å². The van der Waals surface area contributed by atoms with Gasteiger partial charge in [-0.05, 0) is 72.8 Å². The molecule has 0 spiro atoms. The van der Waals surface area contributed by atoms with Crippen LogP contribution in [0.1, 0.15) is 22.8 Å². The average molecular weight is 758 g/mol. The Kier molecular flexibility index (Phi) is 9.80. The van der Waals surface area contributed by atoms with Gasteiger partial charge in [0.1, 0.15) is 0 Å². The second-order valence-corrected chi connectivity index (χ2v) is 17.7. The molecule has 6 heteroatoms. The SMILES string of the molecule is C1=Cc2cc3ccc(cc4nc(cc5ccc(cc1n2)[nH]5)C=C4)[nH]3.Cl.c1cc[c]([Rh]([c]2ccccc2)([c]2ccccc2)[c]2ccccc2)cc1. The minimum absolute atomic E-state index is 0. The summed E-state index contributed by atoms with van der Waals surface area (Å²) in [4.78, 5) is 16.0. The molecule has 2 N–H and O–H groups in total. The van der Waals surface area contributed by atoms with Gasteiger partial charge in [-0.15, -0.1) is 12.4 Å². The van der Waals surface area contributed by atoms with E-state index in [9.17, 15) is 0 Å². The first-order chi connectivity index (χ1) is 24.2. The molecule has 4 nitrogen and oxygen atoms in total. The van der Waals surface area contributed by atoms with Gasteiger partial charge in [0.15, 0.2) is 0 Å². The molecular weight excluding hydrogens is 723 g/mol. The van der Waals surface area contributed by atoms with Crippen LogP contribution in [0.5, 0.6) is 0 Å². The van der Waals surface area contributed by atoms with Gasteiger partial charge in [-0.2, -0.15) is 0 Å². The standard InChI is InChI=1S/C20H14N4.4C6H5.ClH.Rh/c1-2-14-10-16-5-6-18(23-16)12-20-8-7-19(24-20)11-17-4-3-15(22-17)9-13(1)21-14;4*1-2-4-6-5-3-1;;/h1-12,21,24H;4*1-5H;1H;. The van der Waals surface area contributed by atoms with Gasteiger partial charge in [0, 0.05) is 22.1 Å². The van der Waals surface area contributed by atoms with Gasteiger partial charge in [0.05, 0.1) is 22.8 Å². The number of aromatic nitrogens is 4. The van der Waals surface area contributed by atoms with Crippen LogP contribution in [-0.4, -0.2) is 19.9 Å². The molecule has 5 heterocycles. The van der Waals surface area contributed by atoms with Crippen molar-refractivity contribution in [1.82, 2.24) is 19.9 Å². The molecule has 4 aromatic carbocycles. The van der Waals surface area contributed by atoms with E-state index in [1.54, 1.807) is 0 Å². The first-order valence-electron chi connectivity index (χ1n) is 16.2. The van der Waals surface area contributed by atoms with Crippen LogP contribution in [-0.2, 0) is 14.8 Å². The number of hydrogen-bond acceptors (Lipinski definition) is 2. The summed E-state index contributed by atoms with van der Waals surface area (Å²) >= 11 is -2.60. The number of halogens is 1. The van der Waals surface area contributed by atoms with Crippen LogP contribution >= 0.6 is 12.4 Å². The van der Waals surface area contributed by atoms with E-state index in [0.29, 0.717) is 0 Å². The molecule has 9 rings (SSSR count). The summed E-state index contributed by atoms with van der Waals surface area (Å²) in [6.45, 7) is 0. The minimum atomic E-state index is -2.60. The quantitative estimate of drug-likeness (QED) is 0.177. The molecule has 247 valence electrons. The van der Waals surface area contributed by atoms with Crippen LogP contribution in [0.2, 0.25) is 0 Å². The molecule has 0 saturated carbocycles. The van der Waals surface area contributed by atoms with E-state index in [0.717, 1.165) is 44.8 Å². The van der Waals surface area contributed by atoms with Crippen molar-refractivity contribution < 1.29 is 14.8 Å². The fourth-order valence-electron chi connectivity index (χ4n) is 5.90. The van der Waals surface area contributed by atoms with E-state index in [2.05, 4.69) is 166 Å². The van der Waals surface area contributed by atoms with Crippen LogP contribution < -0.4 is 16.6 Å². The molecule has 8 bridgehead atoms. The van der Waals surface area contributed by atoms with Crippen molar-refractivity contribution >= 4 is 75.4 Å². The van der Waals surface area contributed by atoms with E-state index in [-0.39, 0.29) is 12.4 Å². The molecule has 50 heavy (non-hydrogen) atoms. The van der Waals surface area contributed by atoms with E-state index in [1.807, 2.05) is 48.6 Å². The third-order valence-electron chi connectivity index (χ3n) is 8.07. The van der Waals surface area contributed by atoms with Gasteiger partial charge in [-0.3, -0.25) is 0 Å². The average Bonchev–Trinajstić information content (AvgIpc) is 3.98. The fourth-order valence-corrected chi connectivity index (χ4v) is 13.7. The van der Waals surface area contributed by atoms with Crippen LogP contribution in [0.15, 0.2) is 170 Å². The molecule has 0 amide bonds. The van der Waals surface area contributed by atoms with Crippen molar-refractivity contribution in [3.05, 3.63) is 193 Å². The molecule has 0 saturated heterocycles. The number of fused-ring (bicyclic) bond motifs is 8.